The molecule has 0 aromatic heterocycles. The highest BCUT2D eigenvalue weighted by Gasteiger charge is 2.56. The van der Waals surface area contributed by atoms with Crippen LogP contribution in [0.15, 0.2) is 36.1 Å². The molecule has 2 fully saturated rings. The summed E-state index contributed by atoms with van der Waals surface area (Å²) in [5.41, 5.74) is -0.984. The Labute approximate surface area is 151 Å². The van der Waals surface area contributed by atoms with Crippen molar-refractivity contribution in [3.8, 4) is 0 Å². The average molecular weight is 362 g/mol. The van der Waals surface area contributed by atoms with E-state index in [0.29, 0.717) is 5.76 Å². The zero-order valence-corrected chi connectivity index (χ0v) is 15.0. The Kier molecular flexibility index (Phi) is 4.30. The fourth-order valence-corrected chi connectivity index (χ4v) is 3.63. The predicted octanol–water partition coefficient (Wildman–Crippen LogP) is 1.21. The highest BCUT2D eigenvalue weighted by atomic mass is 16.6. The highest BCUT2D eigenvalue weighted by molar-refractivity contribution is 5.99. The van der Waals surface area contributed by atoms with Crippen molar-refractivity contribution in [2.24, 2.45) is 11.8 Å². The van der Waals surface area contributed by atoms with Gasteiger partial charge in [0.1, 0.15) is 24.1 Å². The average Bonchev–Trinajstić information content (AvgIpc) is 3.02. The van der Waals surface area contributed by atoms with Crippen LogP contribution in [-0.2, 0) is 28.6 Å². The summed E-state index contributed by atoms with van der Waals surface area (Å²) >= 11 is 0. The molecule has 6 atom stereocenters. The Bertz CT molecular complexity index is 749. The van der Waals surface area contributed by atoms with Crippen LogP contribution in [0.4, 0.5) is 0 Å². The van der Waals surface area contributed by atoms with Gasteiger partial charge in [-0.3, -0.25) is 4.79 Å². The lowest BCUT2D eigenvalue weighted by Gasteiger charge is -2.32. The molecule has 7 heteroatoms. The molecule has 0 aliphatic carbocycles. The zero-order chi connectivity index (χ0) is 19.4. The van der Waals surface area contributed by atoms with Crippen LogP contribution in [0.3, 0.4) is 0 Å². The molecule has 0 spiro atoms. The molecule has 3 aliphatic heterocycles. The van der Waals surface area contributed by atoms with Gasteiger partial charge in [0.05, 0.1) is 5.92 Å². The van der Waals surface area contributed by atoms with Gasteiger partial charge >= 0.3 is 11.9 Å². The van der Waals surface area contributed by atoms with E-state index in [2.05, 4.69) is 13.2 Å². The molecule has 2 saturated heterocycles. The van der Waals surface area contributed by atoms with Crippen molar-refractivity contribution < 1.29 is 33.7 Å². The van der Waals surface area contributed by atoms with Crippen molar-refractivity contribution in [2.45, 2.75) is 51.1 Å². The number of ether oxygens (including phenoxy) is 3. The standard InChI is InChI=1S/C19H22O7/c1-8(2)17(22)24-12-7-19(5)13(20)6-11(26-19)9(3)15(21)16-14(12)10(4)18(23)25-16/h6,9,12,14-16,21H,1,4,7H2,2-3,5H3/t9-,12-,14+,15-,16-,19+/m0/s1. The third kappa shape index (κ3) is 2.76. The Balaban J connectivity index is 2.07. The second kappa shape index (κ2) is 6.09. The lowest BCUT2D eigenvalue weighted by Crippen LogP contribution is -2.45. The molecule has 0 amide bonds. The molecule has 3 aliphatic rings. The summed E-state index contributed by atoms with van der Waals surface area (Å²) in [6, 6.07) is 0. The third-order valence-corrected chi connectivity index (χ3v) is 5.30. The van der Waals surface area contributed by atoms with Gasteiger partial charge < -0.3 is 19.3 Å². The van der Waals surface area contributed by atoms with Crippen molar-refractivity contribution in [3.63, 3.8) is 0 Å². The molecule has 0 radical (unpaired) electrons. The van der Waals surface area contributed by atoms with Crippen molar-refractivity contribution in [1.82, 2.24) is 0 Å². The number of aliphatic hydroxyl groups excluding tert-OH is 1. The molecule has 3 rings (SSSR count). The number of hydrogen-bond acceptors (Lipinski definition) is 7. The molecule has 26 heavy (non-hydrogen) atoms. The normalized spacial score (nSPS) is 39.0. The van der Waals surface area contributed by atoms with Gasteiger partial charge in [-0.2, -0.15) is 0 Å². The first kappa shape index (κ1) is 18.4. The second-order valence-electron chi connectivity index (χ2n) is 7.37. The van der Waals surface area contributed by atoms with E-state index in [-0.39, 0.29) is 23.4 Å². The van der Waals surface area contributed by atoms with E-state index in [4.69, 9.17) is 14.2 Å². The van der Waals surface area contributed by atoms with Crippen LogP contribution in [0.1, 0.15) is 27.2 Å². The Morgan fingerprint density at radius 2 is 2.08 bits per heavy atom. The molecular formula is C19H22O7. The van der Waals surface area contributed by atoms with E-state index in [1.54, 1.807) is 13.8 Å². The maximum atomic E-state index is 12.5. The van der Waals surface area contributed by atoms with Crippen LogP contribution >= 0.6 is 0 Å². The Morgan fingerprint density at radius 3 is 2.69 bits per heavy atom. The van der Waals surface area contributed by atoms with Gasteiger partial charge in [0, 0.05) is 29.6 Å². The summed E-state index contributed by atoms with van der Waals surface area (Å²) in [5.74, 6) is -2.63. The number of carbonyl (C=O) groups excluding carboxylic acids is 3. The number of esters is 2. The lowest BCUT2D eigenvalue weighted by atomic mass is 9.79. The van der Waals surface area contributed by atoms with Crippen molar-refractivity contribution in [1.29, 1.82) is 0 Å². The number of hydrogen-bond donors (Lipinski definition) is 1. The number of aliphatic hydroxyl groups is 1. The molecule has 0 unspecified atom stereocenters. The SMILES string of the molecule is C=C(C)C(=O)O[C@H]1C[C@@]2(C)OC(=CC2=O)[C@H](C)[C@H](O)[C@H]2OC(=O)C(=C)[C@@H]21. The van der Waals surface area contributed by atoms with Gasteiger partial charge in [-0.05, 0) is 13.8 Å². The van der Waals surface area contributed by atoms with Crippen molar-refractivity contribution in [3.05, 3.63) is 36.1 Å². The summed E-state index contributed by atoms with van der Waals surface area (Å²) in [6.45, 7) is 12.1. The molecule has 140 valence electrons. The quantitative estimate of drug-likeness (QED) is 0.582. The minimum absolute atomic E-state index is 0.00111. The molecule has 3 heterocycles. The molecule has 0 aromatic carbocycles. The van der Waals surface area contributed by atoms with Gasteiger partial charge in [0.15, 0.2) is 5.60 Å². The van der Waals surface area contributed by atoms with Crippen LogP contribution in [0, 0.1) is 11.8 Å². The minimum atomic E-state index is -1.26. The van der Waals surface area contributed by atoms with Crippen LogP contribution in [0.5, 0.6) is 0 Å². The monoisotopic (exact) mass is 362 g/mol. The molecule has 0 aromatic rings. The summed E-state index contributed by atoms with van der Waals surface area (Å²) < 4.78 is 16.7. The van der Waals surface area contributed by atoms with Gasteiger partial charge in [-0.25, -0.2) is 9.59 Å². The molecular weight excluding hydrogens is 340 g/mol. The first-order chi connectivity index (χ1) is 12.0. The van der Waals surface area contributed by atoms with E-state index >= 15 is 0 Å². The number of fused-ring (bicyclic) bond motifs is 3. The number of rotatable bonds is 2. The Hall–Kier alpha value is -2.41. The molecule has 1 N–H and O–H groups in total. The van der Waals surface area contributed by atoms with Crippen LogP contribution in [0.25, 0.3) is 0 Å². The second-order valence-corrected chi connectivity index (χ2v) is 7.37. The van der Waals surface area contributed by atoms with Gasteiger partial charge in [-0.15, -0.1) is 0 Å². The minimum Gasteiger partial charge on any atom is -0.483 e. The van der Waals surface area contributed by atoms with Crippen LogP contribution < -0.4 is 0 Å². The topological polar surface area (TPSA) is 99.1 Å². The maximum Gasteiger partial charge on any atom is 0.334 e. The van der Waals surface area contributed by atoms with Gasteiger partial charge in [-0.1, -0.05) is 20.1 Å². The van der Waals surface area contributed by atoms with Crippen LogP contribution in [0.2, 0.25) is 0 Å². The van der Waals surface area contributed by atoms with Crippen LogP contribution in [-0.4, -0.2) is 46.7 Å². The van der Waals surface area contributed by atoms with E-state index in [9.17, 15) is 19.5 Å². The van der Waals surface area contributed by atoms with Gasteiger partial charge in [0.25, 0.3) is 0 Å². The fraction of sp³-hybridized carbons (Fsp3) is 0.526. The maximum absolute atomic E-state index is 12.5. The summed E-state index contributed by atoms with van der Waals surface area (Å²) in [6.07, 6.45) is -1.69. The summed E-state index contributed by atoms with van der Waals surface area (Å²) in [4.78, 5) is 36.7. The molecule has 2 bridgehead atoms. The predicted molar refractivity (Wildman–Crippen MR) is 89.6 cm³/mol. The largest absolute Gasteiger partial charge is 0.483 e. The van der Waals surface area contributed by atoms with E-state index in [1.165, 1.54) is 13.0 Å². The first-order valence-electron chi connectivity index (χ1n) is 8.44. The van der Waals surface area contributed by atoms with Crippen molar-refractivity contribution >= 4 is 17.7 Å². The van der Waals surface area contributed by atoms with Crippen molar-refractivity contribution in [2.75, 3.05) is 0 Å². The van der Waals surface area contributed by atoms with Gasteiger partial charge in [0.2, 0.25) is 5.78 Å². The summed E-state index contributed by atoms with van der Waals surface area (Å²) in [5, 5.41) is 10.8. The first-order valence-corrected chi connectivity index (χ1v) is 8.44. The van der Waals surface area contributed by atoms with E-state index in [1.807, 2.05) is 0 Å². The summed E-state index contributed by atoms with van der Waals surface area (Å²) in [7, 11) is 0. The number of ketones is 1. The highest BCUT2D eigenvalue weighted by Crippen LogP contribution is 2.44. The Morgan fingerprint density at radius 1 is 1.42 bits per heavy atom. The fourth-order valence-electron chi connectivity index (χ4n) is 3.63. The molecule has 7 nitrogen and oxygen atoms in total. The lowest BCUT2D eigenvalue weighted by molar-refractivity contribution is -0.156. The third-order valence-electron chi connectivity index (χ3n) is 5.30. The number of carbonyl (C=O) groups is 3. The van der Waals surface area contributed by atoms with E-state index < -0.39 is 47.7 Å². The zero-order valence-electron chi connectivity index (χ0n) is 15.0. The van der Waals surface area contributed by atoms with E-state index in [0.717, 1.165) is 0 Å². The smallest absolute Gasteiger partial charge is 0.334 e. The molecule has 0 saturated carbocycles.